The molecule has 2 aliphatic rings. The van der Waals surface area contributed by atoms with E-state index in [0.29, 0.717) is 12.3 Å². The topological polar surface area (TPSA) is 49.1 Å². The van der Waals surface area contributed by atoms with Crippen LogP contribution in [0.3, 0.4) is 0 Å². The third-order valence-corrected chi connectivity index (χ3v) is 5.38. The third kappa shape index (κ3) is 5.56. The minimum atomic E-state index is 0.0590. The summed E-state index contributed by atoms with van der Waals surface area (Å²) in [5.41, 5.74) is 5.24. The maximum Gasteiger partial charge on any atom is 0.245 e. The normalized spacial score (nSPS) is 23.6. The Hall–Kier alpha value is -1.88. The maximum atomic E-state index is 12.1. The number of para-hydroxylation sites is 1. The Balaban J connectivity index is 1.35. The summed E-state index contributed by atoms with van der Waals surface area (Å²) in [5, 5.41) is 4.35. The van der Waals surface area contributed by atoms with Crippen LogP contribution in [0.2, 0.25) is 0 Å². The molecule has 5 nitrogen and oxygen atoms in total. The van der Waals surface area contributed by atoms with E-state index in [2.05, 4.69) is 52.7 Å². The van der Waals surface area contributed by atoms with Crippen molar-refractivity contribution in [1.82, 2.24) is 5.43 Å². The summed E-state index contributed by atoms with van der Waals surface area (Å²) in [7, 11) is 0. The average molecular weight is 343 g/mol. The van der Waals surface area contributed by atoms with Crippen molar-refractivity contribution in [1.29, 1.82) is 0 Å². The fraction of sp³-hybridized carbons (Fsp3) is 0.600. The van der Waals surface area contributed by atoms with Gasteiger partial charge in [0.15, 0.2) is 0 Å². The molecule has 1 aliphatic heterocycles. The molecule has 0 aromatic heterocycles. The first-order valence-corrected chi connectivity index (χ1v) is 9.68. The maximum absolute atomic E-state index is 12.1. The van der Waals surface area contributed by atoms with Crippen LogP contribution in [-0.2, 0) is 4.79 Å². The van der Waals surface area contributed by atoms with E-state index < -0.39 is 0 Å². The highest BCUT2D eigenvalue weighted by molar-refractivity contribution is 5.87. The fourth-order valence-corrected chi connectivity index (χ4v) is 3.82. The molecule has 1 atom stereocenters. The van der Waals surface area contributed by atoms with Crippen molar-refractivity contribution < 1.29 is 9.69 Å². The standard InChI is InChI=1S/C20H30N4O/c1-17-6-5-7-18(16-17)21-22-20(25)10-11-23-12-14-24(15-13-23)19-8-3-2-4-9-19/h2-4,8-9,17H,5-7,10-16H2,1H3,(H,22,25)/p+1/b21-18-/t17-/m0/s1. The van der Waals surface area contributed by atoms with Gasteiger partial charge in [0.25, 0.3) is 0 Å². The first-order valence-electron chi connectivity index (χ1n) is 9.68. The minimum Gasteiger partial charge on any atom is -0.360 e. The number of amides is 1. The van der Waals surface area contributed by atoms with Gasteiger partial charge in [-0.2, -0.15) is 5.10 Å². The van der Waals surface area contributed by atoms with Crippen molar-refractivity contribution in [2.75, 3.05) is 37.6 Å². The molecule has 1 aromatic rings. The minimum absolute atomic E-state index is 0.0590. The number of rotatable bonds is 5. The highest BCUT2D eigenvalue weighted by atomic mass is 16.2. The number of hydrogen-bond acceptors (Lipinski definition) is 3. The van der Waals surface area contributed by atoms with E-state index in [1.165, 1.54) is 23.4 Å². The van der Waals surface area contributed by atoms with Gasteiger partial charge in [-0.3, -0.25) is 4.79 Å². The zero-order valence-corrected chi connectivity index (χ0v) is 15.3. The number of carbonyl (C=O) groups excluding carboxylic acids is 1. The molecule has 2 N–H and O–H groups in total. The van der Waals surface area contributed by atoms with Crippen molar-refractivity contribution in [2.24, 2.45) is 11.0 Å². The molecular formula is C20H31N4O+. The van der Waals surface area contributed by atoms with E-state index in [1.54, 1.807) is 0 Å². The van der Waals surface area contributed by atoms with Crippen LogP contribution in [0.15, 0.2) is 35.4 Å². The zero-order valence-electron chi connectivity index (χ0n) is 15.3. The van der Waals surface area contributed by atoms with Gasteiger partial charge in [0, 0.05) is 11.4 Å². The summed E-state index contributed by atoms with van der Waals surface area (Å²) in [6, 6.07) is 10.6. The fourth-order valence-electron chi connectivity index (χ4n) is 3.82. The van der Waals surface area contributed by atoms with Gasteiger partial charge in [-0.05, 0) is 43.7 Å². The number of carbonyl (C=O) groups is 1. The summed E-state index contributed by atoms with van der Waals surface area (Å²) in [6.07, 6.45) is 5.12. The van der Waals surface area contributed by atoms with Crippen LogP contribution in [-0.4, -0.2) is 44.3 Å². The highest BCUT2D eigenvalue weighted by Gasteiger charge is 2.20. The molecule has 1 aliphatic carbocycles. The smallest absolute Gasteiger partial charge is 0.245 e. The van der Waals surface area contributed by atoms with Crippen LogP contribution in [0.25, 0.3) is 0 Å². The van der Waals surface area contributed by atoms with Gasteiger partial charge in [-0.1, -0.05) is 25.1 Å². The Morgan fingerprint density at radius 2 is 2.04 bits per heavy atom. The lowest BCUT2D eigenvalue weighted by molar-refractivity contribution is -0.900. The third-order valence-electron chi connectivity index (χ3n) is 5.38. The van der Waals surface area contributed by atoms with Gasteiger partial charge in [0.1, 0.15) is 0 Å². The van der Waals surface area contributed by atoms with E-state index >= 15 is 0 Å². The predicted molar refractivity (Wildman–Crippen MR) is 102 cm³/mol. The number of nitrogens with zero attached hydrogens (tertiary/aromatic N) is 2. The molecular weight excluding hydrogens is 312 g/mol. The average Bonchev–Trinajstić information content (AvgIpc) is 2.66. The van der Waals surface area contributed by atoms with Gasteiger partial charge >= 0.3 is 0 Å². The van der Waals surface area contributed by atoms with Crippen molar-refractivity contribution in [3.8, 4) is 0 Å². The van der Waals surface area contributed by atoms with E-state index in [4.69, 9.17) is 0 Å². The quantitative estimate of drug-likeness (QED) is 0.796. The number of anilines is 1. The van der Waals surface area contributed by atoms with Crippen molar-refractivity contribution in [2.45, 2.75) is 39.0 Å². The molecule has 0 radical (unpaired) electrons. The largest absolute Gasteiger partial charge is 0.360 e. The zero-order chi connectivity index (χ0) is 17.5. The van der Waals surface area contributed by atoms with Crippen LogP contribution in [0.1, 0.15) is 39.0 Å². The molecule has 5 heteroatoms. The molecule has 1 heterocycles. The summed E-state index contributed by atoms with van der Waals surface area (Å²) in [4.78, 5) is 16.0. The lowest BCUT2D eigenvalue weighted by Crippen LogP contribution is -3.15. The van der Waals surface area contributed by atoms with Gasteiger partial charge in [0.2, 0.25) is 5.91 Å². The first-order chi connectivity index (χ1) is 12.2. The van der Waals surface area contributed by atoms with Gasteiger partial charge < -0.3 is 9.80 Å². The summed E-state index contributed by atoms with van der Waals surface area (Å²) < 4.78 is 0. The van der Waals surface area contributed by atoms with Gasteiger partial charge in [-0.15, -0.1) is 0 Å². The van der Waals surface area contributed by atoms with Gasteiger partial charge in [0.05, 0.1) is 39.1 Å². The second-order valence-electron chi connectivity index (χ2n) is 7.49. The number of benzene rings is 1. The first kappa shape index (κ1) is 17.9. The molecule has 1 saturated heterocycles. The Morgan fingerprint density at radius 3 is 2.76 bits per heavy atom. The van der Waals surface area contributed by atoms with Crippen LogP contribution in [0, 0.1) is 5.92 Å². The molecule has 0 spiro atoms. The SMILES string of the molecule is C[C@H]1CCC/C(=N/NC(=O)CC[NH+]2CCN(c3ccccc3)CC2)C1. The molecule has 136 valence electrons. The molecule has 25 heavy (non-hydrogen) atoms. The molecule has 1 amide bonds. The molecule has 0 bridgehead atoms. The van der Waals surface area contributed by atoms with Crippen molar-refractivity contribution in [3.05, 3.63) is 30.3 Å². The van der Waals surface area contributed by atoms with Crippen molar-refractivity contribution in [3.63, 3.8) is 0 Å². The number of piperazine rings is 1. The molecule has 3 rings (SSSR count). The number of quaternary nitrogens is 1. The van der Waals surface area contributed by atoms with E-state index in [0.717, 1.165) is 51.3 Å². The van der Waals surface area contributed by atoms with Crippen molar-refractivity contribution >= 4 is 17.3 Å². The molecule has 0 unspecified atom stereocenters. The Morgan fingerprint density at radius 1 is 1.28 bits per heavy atom. The van der Waals surface area contributed by atoms with Crippen LogP contribution >= 0.6 is 0 Å². The second-order valence-corrected chi connectivity index (χ2v) is 7.49. The van der Waals surface area contributed by atoms with Gasteiger partial charge in [-0.25, -0.2) is 5.43 Å². The highest BCUT2D eigenvalue weighted by Crippen LogP contribution is 2.20. The Kier molecular flexibility index (Phi) is 6.45. The van der Waals surface area contributed by atoms with Crippen LogP contribution in [0.4, 0.5) is 5.69 Å². The predicted octanol–water partition coefficient (Wildman–Crippen LogP) is 1.46. The number of hydrogen-bond donors (Lipinski definition) is 2. The Labute approximate surface area is 151 Å². The van der Waals surface area contributed by atoms with Crippen LogP contribution < -0.4 is 15.2 Å². The monoisotopic (exact) mass is 343 g/mol. The lowest BCUT2D eigenvalue weighted by Gasteiger charge is -2.33. The van der Waals surface area contributed by atoms with E-state index in [-0.39, 0.29) is 5.91 Å². The van der Waals surface area contributed by atoms with E-state index in [1.807, 2.05) is 0 Å². The summed E-state index contributed by atoms with van der Waals surface area (Å²) in [5.74, 6) is 0.762. The Bertz CT molecular complexity index is 579. The molecule has 1 aromatic carbocycles. The second kappa shape index (κ2) is 8.99. The lowest BCUT2D eigenvalue weighted by atomic mass is 9.89. The molecule has 2 fully saturated rings. The summed E-state index contributed by atoms with van der Waals surface area (Å²) >= 11 is 0. The number of hydrazone groups is 1. The molecule has 1 saturated carbocycles. The van der Waals surface area contributed by atoms with Crippen LogP contribution in [0.5, 0.6) is 0 Å². The van der Waals surface area contributed by atoms with E-state index in [9.17, 15) is 4.79 Å². The number of nitrogens with one attached hydrogen (secondary N) is 2. The summed E-state index contributed by atoms with van der Waals surface area (Å²) in [6.45, 7) is 7.45.